The molecule has 0 N–H and O–H groups in total. The Balaban J connectivity index is 1.78. The maximum atomic E-state index is 13.0. The highest BCUT2D eigenvalue weighted by Crippen LogP contribution is 2.21. The van der Waals surface area contributed by atoms with Gasteiger partial charge in [0.25, 0.3) is 0 Å². The Morgan fingerprint density at radius 1 is 1.11 bits per heavy atom. The number of benzene rings is 2. The number of sulfone groups is 1. The average molecular weight is 401 g/mol. The molecule has 0 bridgehead atoms. The van der Waals surface area contributed by atoms with Gasteiger partial charge in [-0.3, -0.25) is 4.79 Å². The van der Waals surface area contributed by atoms with Crippen molar-refractivity contribution >= 4 is 32.6 Å². The lowest BCUT2D eigenvalue weighted by molar-refractivity contribution is -0.127. The molecule has 1 heterocycles. The maximum Gasteiger partial charge on any atom is 0.246 e. The first-order chi connectivity index (χ1) is 13.4. The van der Waals surface area contributed by atoms with E-state index in [9.17, 15) is 13.2 Å². The Labute approximate surface area is 167 Å². The fourth-order valence-electron chi connectivity index (χ4n) is 3.70. The molecule has 1 unspecified atom stereocenters. The van der Waals surface area contributed by atoms with E-state index >= 15 is 0 Å². The van der Waals surface area contributed by atoms with Crippen LogP contribution in [0.4, 0.5) is 0 Å². The van der Waals surface area contributed by atoms with Gasteiger partial charge < -0.3 is 9.80 Å². The minimum Gasteiger partial charge on any atom is -0.335 e. The van der Waals surface area contributed by atoms with Crippen LogP contribution in [0.2, 0.25) is 0 Å². The highest BCUT2D eigenvalue weighted by molar-refractivity contribution is 7.91. The lowest BCUT2D eigenvalue weighted by Crippen LogP contribution is -2.41. The second kappa shape index (κ2) is 8.88. The van der Waals surface area contributed by atoms with E-state index in [-0.39, 0.29) is 23.5 Å². The largest absolute Gasteiger partial charge is 0.335 e. The lowest BCUT2D eigenvalue weighted by atomic mass is 10.0. The molecule has 1 saturated heterocycles. The van der Waals surface area contributed by atoms with Crippen molar-refractivity contribution in [3.63, 3.8) is 0 Å². The Morgan fingerprint density at radius 3 is 2.57 bits per heavy atom. The summed E-state index contributed by atoms with van der Waals surface area (Å²) in [5, 5.41) is 2.22. The number of carbonyl (C=O) groups excluding carboxylic acids is 1. The molecule has 6 heteroatoms. The molecule has 1 amide bonds. The Kier molecular flexibility index (Phi) is 6.52. The van der Waals surface area contributed by atoms with E-state index in [1.54, 1.807) is 11.0 Å². The van der Waals surface area contributed by atoms with E-state index in [1.165, 1.54) is 0 Å². The number of rotatable bonds is 7. The average Bonchev–Trinajstić information content (AvgIpc) is 3.02. The van der Waals surface area contributed by atoms with E-state index in [0.29, 0.717) is 13.0 Å². The fraction of sp³-hybridized carbons (Fsp3) is 0.409. The molecular weight excluding hydrogens is 372 g/mol. The Hall–Kier alpha value is -2.18. The monoisotopic (exact) mass is 400 g/mol. The summed E-state index contributed by atoms with van der Waals surface area (Å²) in [6.07, 6.45) is 4.77. The van der Waals surface area contributed by atoms with Crippen LogP contribution in [-0.4, -0.2) is 68.9 Å². The number of hydrogen-bond donors (Lipinski definition) is 0. The van der Waals surface area contributed by atoms with Crippen LogP contribution in [0.1, 0.15) is 18.4 Å². The predicted octanol–water partition coefficient (Wildman–Crippen LogP) is 2.82. The fourth-order valence-corrected chi connectivity index (χ4v) is 5.43. The van der Waals surface area contributed by atoms with Gasteiger partial charge in [-0.2, -0.15) is 0 Å². The standard InChI is InChI=1S/C22H28N2O3S/c1-23(2)14-6-15-24(20-13-16-28(26,27)17-20)22(25)12-11-19-9-5-8-18-7-3-4-10-21(18)19/h3-5,7-12,20H,6,13-17H2,1-2H3/b12-11+. The molecule has 0 spiro atoms. The van der Waals surface area contributed by atoms with Crippen molar-refractivity contribution in [2.45, 2.75) is 18.9 Å². The van der Waals surface area contributed by atoms with E-state index in [2.05, 4.69) is 4.90 Å². The van der Waals surface area contributed by atoms with E-state index in [0.717, 1.165) is 29.3 Å². The molecule has 5 nitrogen and oxygen atoms in total. The molecule has 28 heavy (non-hydrogen) atoms. The van der Waals surface area contributed by atoms with Gasteiger partial charge in [-0.05, 0) is 55.9 Å². The summed E-state index contributed by atoms with van der Waals surface area (Å²) >= 11 is 0. The van der Waals surface area contributed by atoms with E-state index < -0.39 is 9.84 Å². The van der Waals surface area contributed by atoms with E-state index in [4.69, 9.17) is 0 Å². The van der Waals surface area contributed by atoms with Crippen LogP contribution in [0.3, 0.4) is 0 Å². The Morgan fingerprint density at radius 2 is 1.86 bits per heavy atom. The zero-order chi connectivity index (χ0) is 20.1. The van der Waals surface area contributed by atoms with Crippen LogP contribution >= 0.6 is 0 Å². The number of hydrogen-bond acceptors (Lipinski definition) is 4. The molecule has 2 aromatic rings. The molecule has 1 atom stereocenters. The molecule has 0 saturated carbocycles. The van der Waals surface area contributed by atoms with Gasteiger partial charge in [0.15, 0.2) is 9.84 Å². The van der Waals surface area contributed by atoms with Crippen LogP contribution in [0.25, 0.3) is 16.8 Å². The molecule has 2 aromatic carbocycles. The molecule has 1 aliphatic rings. The third-order valence-corrected chi connectivity index (χ3v) is 6.92. The highest BCUT2D eigenvalue weighted by atomic mass is 32.2. The predicted molar refractivity (Wildman–Crippen MR) is 115 cm³/mol. The van der Waals surface area contributed by atoms with Gasteiger partial charge in [0.05, 0.1) is 11.5 Å². The van der Waals surface area contributed by atoms with E-state index in [1.807, 2.05) is 62.6 Å². The van der Waals surface area contributed by atoms with Crippen molar-refractivity contribution in [2.75, 3.05) is 38.7 Å². The SMILES string of the molecule is CN(C)CCCN(C(=O)/C=C/c1cccc2ccccc12)C1CCS(=O)(=O)C1. The van der Waals surface area contributed by atoms with Crippen molar-refractivity contribution in [3.8, 4) is 0 Å². The smallest absolute Gasteiger partial charge is 0.246 e. The minimum absolute atomic E-state index is 0.0722. The van der Waals surface area contributed by atoms with Gasteiger partial charge in [-0.15, -0.1) is 0 Å². The molecule has 0 aromatic heterocycles. The van der Waals surface area contributed by atoms with Gasteiger partial charge in [-0.1, -0.05) is 42.5 Å². The lowest BCUT2D eigenvalue weighted by Gasteiger charge is -2.27. The summed E-state index contributed by atoms with van der Waals surface area (Å²) in [4.78, 5) is 16.8. The molecule has 1 aliphatic heterocycles. The quantitative estimate of drug-likeness (QED) is 0.671. The molecule has 150 valence electrons. The molecule has 1 fully saturated rings. The van der Waals surface area contributed by atoms with Gasteiger partial charge in [0.2, 0.25) is 5.91 Å². The summed E-state index contributed by atoms with van der Waals surface area (Å²) in [5.74, 6) is 0.124. The van der Waals surface area contributed by atoms with Gasteiger partial charge in [-0.25, -0.2) is 8.42 Å². The first-order valence-electron chi connectivity index (χ1n) is 9.67. The van der Waals surface area contributed by atoms with Crippen molar-refractivity contribution in [2.24, 2.45) is 0 Å². The number of carbonyl (C=O) groups is 1. The number of nitrogens with zero attached hydrogens (tertiary/aromatic N) is 2. The first-order valence-corrected chi connectivity index (χ1v) is 11.5. The van der Waals surface area contributed by atoms with Crippen LogP contribution in [0.5, 0.6) is 0 Å². The summed E-state index contributed by atoms with van der Waals surface area (Å²) in [6.45, 7) is 1.42. The van der Waals surface area contributed by atoms with Gasteiger partial charge >= 0.3 is 0 Å². The summed E-state index contributed by atoms with van der Waals surface area (Å²) in [7, 11) is 0.946. The normalized spacial score (nSPS) is 18.9. The van der Waals surface area contributed by atoms with Gasteiger partial charge in [0, 0.05) is 18.7 Å². The third kappa shape index (κ3) is 5.20. The van der Waals surface area contributed by atoms with Crippen LogP contribution < -0.4 is 0 Å². The molecule has 3 rings (SSSR count). The van der Waals surface area contributed by atoms with Crippen molar-refractivity contribution in [1.82, 2.24) is 9.80 Å². The van der Waals surface area contributed by atoms with Crippen molar-refractivity contribution in [1.29, 1.82) is 0 Å². The number of fused-ring (bicyclic) bond motifs is 1. The molecule has 0 aliphatic carbocycles. The topological polar surface area (TPSA) is 57.7 Å². The summed E-state index contributed by atoms with van der Waals surface area (Å²) < 4.78 is 23.8. The van der Waals surface area contributed by atoms with Crippen LogP contribution in [-0.2, 0) is 14.6 Å². The first kappa shape index (κ1) is 20.6. The summed E-state index contributed by atoms with van der Waals surface area (Å²) in [5.41, 5.74) is 0.985. The van der Waals surface area contributed by atoms with Crippen molar-refractivity contribution in [3.05, 3.63) is 54.1 Å². The minimum atomic E-state index is -3.04. The second-order valence-electron chi connectivity index (χ2n) is 7.65. The zero-order valence-electron chi connectivity index (χ0n) is 16.5. The zero-order valence-corrected chi connectivity index (χ0v) is 17.4. The Bertz CT molecular complexity index is 961. The third-order valence-electron chi connectivity index (χ3n) is 5.17. The van der Waals surface area contributed by atoms with Crippen LogP contribution in [0, 0.1) is 0 Å². The van der Waals surface area contributed by atoms with Gasteiger partial charge in [0.1, 0.15) is 0 Å². The molecule has 0 radical (unpaired) electrons. The second-order valence-corrected chi connectivity index (χ2v) is 9.88. The number of amides is 1. The highest BCUT2D eigenvalue weighted by Gasteiger charge is 2.33. The van der Waals surface area contributed by atoms with Crippen LogP contribution in [0.15, 0.2) is 48.5 Å². The summed E-state index contributed by atoms with van der Waals surface area (Å²) in [6, 6.07) is 13.9. The molecular formula is C22H28N2O3S. The maximum absolute atomic E-state index is 13.0. The van der Waals surface area contributed by atoms with Crippen molar-refractivity contribution < 1.29 is 13.2 Å².